The monoisotopic (exact) mass is 462 g/mol. The van der Waals surface area contributed by atoms with Crippen molar-refractivity contribution < 1.29 is 31.5 Å². The number of carboxylic acid groups (broad SMARTS) is 1. The van der Waals surface area contributed by atoms with E-state index in [1.807, 2.05) is 23.0 Å². The van der Waals surface area contributed by atoms with E-state index in [0.29, 0.717) is 17.5 Å². The van der Waals surface area contributed by atoms with Gasteiger partial charge in [-0.15, -0.1) is 0 Å². The highest BCUT2D eigenvalue weighted by Crippen LogP contribution is 2.18. The van der Waals surface area contributed by atoms with Crippen molar-refractivity contribution in [1.29, 1.82) is 0 Å². The van der Waals surface area contributed by atoms with Gasteiger partial charge in [-0.2, -0.15) is 18.3 Å². The average molecular weight is 462 g/mol. The lowest BCUT2D eigenvalue weighted by Gasteiger charge is -2.27. The fourth-order valence-corrected chi connectivity index (χ4v) is 4.14. The van der Waals surface area contributed by atoms with E-state index in [1.54, 1.807) is 24.3 Å². The Morgan fingerprint density at radius 3 is 2.39 bits per heavy atom. The third-order valence-electron chi connectivity index (χ3n) is 4.68. The summed E-state index contributed by atoms with van der Waals surface area (Å²) in [5.41, 5.74) is 1.18. The number of rotatable bonds is 5. The van der Waals surface area contributed by atoms with Crippen LogP contribution in [0.3, 0.4) is 0 Å². The first-order valence-corrected chi connectivity index (χ1v) is 11.0. The van der Waals surface area contributed by atoms with E-state index in [0.717, 1.165) is 19.6 Å². The second-order valence-electron chi connectivity index (χ2n) is 7.36. The summed E-state index contributed by atoms with van der Waals surface area (Å²) in [6.07, 6.45) is -3.27. The smallest absolute Gasteiger partial charge is 0.475 e. The Labute approximate surface area is 178 Å². The molecule has 1 aliphatic heterocycles. The molecule has 0 amide bonds. The van der Waals surface area contributed by atoms with E-state index < -0.39 is 22.2 Å². The van der Waals surface area contributed by atoms with Crippen LogP contribution in [-0.4, -0.2) is 59.5 Å². The van der Waals surface area contributed by atoms with Gasteiger partial charge in [-0.1, -0.05) is 18.2 Å². The zero-order chi connectivity index (χ0) is 23.2. The van der Waals surface area contributed by atoms with Gasteiger partial charge in [0.25, 0.3) is 0 Å². The number of nitrogens with one attached hydrogen (secondary N) is 1. The number of benzene rings is 1. The van der Waals surface area contributed by atoms with Gasteiger partial charge in [0.2, 0.25) is 10.0 Å². The number of fused-ring (bicyclic) bond motifs is 1. The largest absolute Gasteiger partial charge is 0.490 e. The summed E-state index contributed by atoms with van der Waals surface area (Å²) in [7, 11) is -3.47. The number of carboxylic acids is 1. The first-order chi connectivity index (χ1) is 14.4. The minimum absolute atomic E-state index is 0.173. The maximum Gasteiger partial charge on any atom is 0.490 e. The number of sulfonamides is 1. The molecular formula is C19H25F3N4O4S. The highest BCUT2D eigenvalue weighted by Gasteiger charge is 2.38. The molecule has 1 atom stereocenters. The Hall–Kier alpha value is -2.44. The molecule has 1 unspecified atom stereocenters. The summed E-state index contributed by atoms with van der Waals surface area (Å²) in [6.45, 7) is 7.15. The van der Waals surface area contributed by atoms with Crippen molar-refractivity contribution in [3.63, 3.8) is 0 Å². The number of aliphatic carboxylic acids is 1. The number of nitrogens with zero attached hydrogens (tertiary/aromatic N) is 3. The van der Waals surface area contributed by atoms with Crippen LogP contribution in [-0.2, 0) is 27.9 Å². The van der Waals surface area contributed by atoms with Crippen molar-refractivity contribution in [2.24, 2.45) is 5.92 Å². The van der Waals surface area contributed by atoms with Crippen LogP contribution in [0.15, 0.2) is 47.5 Å². The summed E-state index contributed by atoms with van der Waals surface area (Å²) in [5.74, 6) is -2.58. The number of halogens is 3. The topological polar surface area (TPSA) is 105 Å². The molecule has 0 fully saturated rings. The highest BCUT2D eigenvalue weighted by atomic mass is 32.2. The van der Waals surface area contributed by atoms with E-state index in [4.69, 9.17) is 9.90 Å². The van der Waals surface area contributed by atoms with Crippen LogP contribution in [0.5, 0.6) is 0 Å². The van der Waals surface area contributed by atoms with Gasteiger partial charge in [-0.25, -0.2) is 17.9 Å². The van der Waals surface area contributed by atoms with Crippen LogP contribution in [0.4, 0.5) is 13.2 Å². The third-order valence-corrected chi connectivity index (χ3v) is 6.12. The summed E-state index contributed by atoms with van der Waals surface area (Å²) in [4.78, 5) is 11.6. The van der Waals surface area contributed by atoms with E-state index in [1.165, 1.54) is 5.69 Å². The van der Waals surface area contributed by atoms with E-state index in [-0.39, 0.29) is 5.92 Å². The molecule has 0 saturated heterocycles. The quantitative estimate of drug-likeness (QED) is 0.707. The molecule has 1 aromatic heterocycles. The van der Waals surface area contributed by atoms with E-state index >= 15 is 0 Å². The van der Waals surface area contributed by atoms with Crippen LogP contribution < -0.4 is 4.72 Å². The Balaban J connectivity index is 0.000000423. The average Bonchev–Trinajstić information content (AvgIpc) is 3.04. The maximum absolute atomic E-state index is 12.4. The Bertz CT molecular complexity index is 962. The number of hydrogen-bond donors (Lipinski definition) is 2. The van der Waals surface area contributed by atoms with Gasteiger partial charge in [-0.3, -0.25) is 9.58 Å². The molecule has 2 N–H and O–H groups in total. The lowest BCUT2D eigenvalue weighted by Crippen LogP contribution is -2.39. The van der Waals surface area contributed by atoms with E-state index in [9.17, 15) is 21.6 Å². The molecule has 1 aromatic carbocycles. The minimum Gasteiger partial charge on any atom is -0.475 e. The minimum atomic E-state index is -5.08. The Morgan fingerprint density at radius 1 is 1.23 bits per heavy atom. The standard InChI is InChI=1S/C17H24N4O2S.C2HF3O2/c1-14(2)20-11-15(12-21-16(13-20)8-9-18-21)10-19-24(22,23)17-6-4-3-5-7-17;3-2(4,5)1(6)7/h3-9,14-15,19H,10-13H2,1-2H3;(H,6,7). The van der Waals surface area contributed by atoms with Crippen molar-refractivity contribution in [2.45, 2.75) is 44.1 Å². The first-order valence-electron chi connectivity index (χ1n) is 9.49. The third kappa shape index (κ3) is 7.33. The maximum atomic E-state index is 12.4. The molecule has 2 heterocycles. The lowest BCUT2D eigenvalue weighted by molar-refractivity contribution is -0.192. The van der Waals surface area contributed by atoms with Gasteiger partial charge in [0.1, 0.15) is 0 Å². The molecule has 8 nitrogen and oxygen atoms in total. The van der Waals surface area contributed by atoms with Crippen molar-refractivity contribution in [1.82, 2.24) is 19.4 Å². The van der Waals surface area contributed by atoms with Gasteiger partial charge in [0, 0.05) is 44.3 Å². The van der Waals surface area contributed by atoms with Crippen LogP contribution >= 0.6 is 0 Å². The van der Waals surface area contributed by atoms with Crippen molar-refractivity contribution in [3.05, 3.63) is 48.3 Å². The number of alkyl halides is 3. The number of aromatic nitrogens is 2. The first kappa shape index (κ1) is 24.8. The predicted octanol–water partition coefficient (Wildman–Crippen LogP) is 2.34. The Morgan fingerprint density at radius 2 is 1.84 bits per heavy atom. The fourth-order valence-electron chi connectivity index (χ4n) is 3.00. The second-order valence-corrected chi connectivity index (χ2v) is 9.13. The molecule has 0 bridgehead atoms. The molecule has 0 spiro atoms. The molecule has 0 saturated carbocycles. The normalized spacial score (nSPS) is 17.4. The van der Waals surface area contributed by atoms with E-state index in [2.05, 4.69) is 28.6 Å². The molecule has 0 aliphatic carbocycles. The van der Waals surface area contributed by atoms with Crippen molar-refractivity contribution in [3.8, 4) is 0 Å². The van der Waals surface area contributed by atoms with Crippen LogP contribution in [0.1, 0.15) is 19.5 Å². The number of carbonyl (C=O) groups is 1. The number of hydrogen-bond acceptors (Lipinski definition) is 5. The summed E-state index contributed by atoms with van der Waals surface area (Å²) in [5, 5.41) is 11.5. The summed E-state index contributed by atoms with van der Waals surface area (Å²) in [6, 6.07) is 10.9. The molecule has 1 aliphatic rings. The van der Waals surface area contributed by atoms with Crippen LogP contribution in [0.2, 0.25) is 0 Å². The zero-order valence-corrected chi connectivity index (χ0v) is 17.9. The zero-order valence-electron chi connectivity index (χ0n) is 17.1. The van der Waals surface area contributed by atoms with Crippen molar-refractivity contribution in [2.75, 3.05) is 13.1 Å². The van der Waals surface area contributed by atoms with Gasteiger partial charge in [0.15, 0.2) is 0 Å². The summed E-state index contributed by atoms with van der Waals surface area (Å²) >= 11 is 0. The summed E-state index contributed by atoms with van der Waals surface area (Å²) < 4.78 is 61.3. The van der Waals surface area contributed by atoms with Gasteiger partial charge in [-0.05, 0) is 32.0 Å². The molecule has 31 heavy (non-hydrogen) atoms. The second kappa shape index (κ2) is 10.2. The fraction of sp³-hybridized carbons (Fsp3) is 0.474. The van der Waals surface area contributed by atoms with Crippen molar-refractivity contribution >= 4 is 16.0 Å². The van der Waals surface area contributed by atoms with Crippen LogP contribution in [0, 0.1) is 5.92 Å². The SMILES string of the molecule is CC(C)N1Cc2ccnn2CC(CNS(=O)(=O)c2ccccc2)C1.O=C(O)C(F)(F)F. The predicted molar refractivity (Wildman–Crippen MR) is 107 cm³/mol. The molecule has 3 rings (SSSR count). The lowest BCUT2D eigenvalue weighted by atomic mass is 10.1. The molecule has 0 radical (unpaired) electrons. The van der Waals surface area contributed by atoms with Gasteiger partial charge in [0.05, 0.1) is 10.6 Å². The van der Waals surface area contributed by atoms with Crippen LogP contribution in [0.25, 0.3) is 0 Å². The van der Waals surface area contributed by atoms with Gasteiger partial charge < -0.3 is 5.11 Å². The highest BCUT2D eigenvalue weighted by molar-refractivity contribution is 7.89. The van der Waals surface area contributed by atoms with Gasteiger partial charge >= 0.3 is 12.1 Å². The molecule has 12 heteroatoms. The Kier molecular flexibility index (Phi) is 8.21. The molecular weight excluding hydrogens is 437 g/mol. The molecule has 2 aromatic rings. The molecule has 172 valence electrons.